The van der Waals surface area contributed by atoms with Crippen LogP contribution in [0.3, 0.4) is 0 Å². The van der Waals surface area contributed by atoms with Gasteiger partial charge in [0.2, 0.25) is 10.8 Å². The number of likely N-dealkylation sites (N-methyl/N-ethyl adjacent to an activating group) is 1. The summed E-state index contributed by atoms with van der Waals surface area (Å²) in [5, 5.41) is 24.7. The molecule has 27 heavy (non-hydrogen) atoms. The van der Waals surface area contributed by atoms with Crippen molar-refractivity contribution in [2.45, 2.75) is 33.2 Å². The molecule has 2 N–H and O–H groups in total. The number of aliphatic hydroxyl groups is 1. The van der Waals surface area contributed by atoms with Gasteiger partial charge in [0.15, 0.2) is 5.82 Å². The van der Waals surface area contributed by atoms with E-state index >= 15 is 0 Å². The Bertz CT molecular complexity index is 875. The number of aliphatic hydroxyl groups excluding tert-OH is 1. The fourth-order valence-electron chi connectivity index (χ4n) is 3.16. The van der Waals surface area contributed by atoms with E-state index in [9.17, 15) is 10.2 Å². The smallest absolute Gasteiger partial charge is 0.230 e. The molecule has 0 fully saturated rings. The van der Waals surface area contributed by atoms with Crippen molar-refractivity contribution in [3.63, 3.8) is 0 Å². The number of hydrogen-bond acceptors (Lipinski definition) is 7. The third kappa shape index (κ3) is 3.92. The van der Waals surface area contributed by atoms with Crippen molar-refractivity contribution in [1.29, 1.82) is 0 Å². The van der Waals surface area contributed by atoms with Gasteiger partial charge in [-0.15, -0.1) is 5.10 Å². The van der Waals surface area contributed by atoms with E-state index in [1.165, 1.54) is 15.9 Å². The molecule has 8 heteroatoms. The molecule has 0 saturated heterocycles. The molecular formula is C19H26N4O3S. The summed E-state index contributed by atoms with van der Waals surface area (Å²) in [5.74, 6) is 1.63. The molecule has 0 bridgehead atoms. The summed E-state index contributed by atoms with van der Waals surface area (Å²) < 4.78 is 7.05. The zero-order valence-electron chi connectivity index (χ0n) is 15.9. The van der Waals surface area contributed by atoms with E-state index < -0.39 is 0 Å². The summed E-state index contributed by atoms with van der Waals surface area (Å²) >= 11 is 1.43. The number of fused-ring (bicyclic) bond motifs is 1. The van der Waals surface area contributed by atoms with Crippen LogP contribution in [0.5, 0.6) is 11.6 Å². The Hall–Kier alpha value is -2.16. The van der Waals surface area contributed by atoms with Gasteiger partial charge in [0.25, 0.3) is 0 Å². The quantitative estimate of drug-likeness (QED) is 0.585. The predicted molar refractivity (Wildman–Crippen MR) is 106 cm³/mol. The molecular weight excluding hydrogens is 364 g/mol. The van der Waals surface area contributed by atoms with Gasteiger partial charge in [0.1, 0.15) is 5.75 Å². The molecule has 3 aromatic rings. The maximum absolute atomic E-state index is 10.8. The van der Waals surface area contributed by atoms with Gasteiger partial charge in [-0.25, -0.2) is 4.98 Å². The van der Waals surface area contributed by atoms with Crippen molar-refractivity contribution >= 4 is 16.3 Å². The number of aromatic nitrogens is 3. The minimum absolute atomic E-state index is 0.0445. The van der Waals surface area contributed by atoms with E-state index in [1.807, 2.05) is 45.0 Å². The van der Waals surface area contributed by atoms with E-state index in [0.717, 1.165) is 29.2 Å². The monoisotopic (exact) mass is 390 g/mol. The minimum Gasteiger partial charge on any atom is -0.494 e. The number of aromatic hydroxyl groups is 1. The number of nitrogens with zero attached hydrogens (tertiary/aromatic N) is 4. The Kier molecular flexibility index (Phi) is 6.30. The maximum Gasteiger partial charge on any atom is 0.230 e. The summed E-state index contributed by atoms with van der Waals surface area (Å²) in [6, 6.07) is 7.67. The first-order chi connectivity index (χ1) is 13.1. The van der Waals surface area contributed by atoms with Crippen LogP contribution in [0.2, 0.25) is 0 Å². The van der Waals surface area contributed by atoms with Crippen molar-refractivity contribution in [3.8, 4) is 11.6 Å². The van der Waals surface area contributed by atoms with Gasteiger partial charge >= 0.3 is 0 Å². The Balaban J connectivity index is 2.06. The van der Waals surface area contributed by atoms with Crippen LogP contribution in [-0.2, 0) is 6.42 Å². The summed E-state index contributed by atoms with van der Waals surface area (Å²) in [6.45, 7) is 7.87. The molecule has 7 nitrogen and oxygen atoms in total. The Morgan fingerprint density at radius 1 is 1.22 bits per heavy atom. The van der Waals surface area contributed by atoms with Crippen molar-refractivity contribution < 1.29 is 14.9 Å². The highest BCUT2D eigenvalue weighted by Gasteiger charge is 2.28. The number of thiazole rings is 1. The number of benzene rings is 1. The lowest BCUT2D eigenvalue weighted by Gasteiger charge is -2.29. The molecule has 3 rings (SSSR count). The molecule has 1 unspecified atom stereocenters. The highest BCUT2D eigenvalue weighted by atomic mass is 32.1. The standard InChI is InChI=1S/C19H26N4O3S/c1-4-15-20-19-23(21-15)18(25)17(27-19)16(22(5-2)11-12-24)13-7-9-14(10-8-13)26-6-3/h7-10,16,24-25H,4-6,11-12H2,1-3H3. The van der Waals surface area contributed by atoms with Crippen LogP contribution in [0, 0.1) is 0 Å². The van der Waals surface area contributed by atoms with Gasteiger partial charge in [-0.2, -0.15) is 4.52 Å². The molecule has 146 valence electrons. The lowest BCUT2D eigenvalue weighted by atomic mass is 10.0. The first kappa shape index (κ1) is 19.6. The average molecular weight is 391 g/mol. The SMILES string of the molecule is CCOc1ccc(C(c2sc3nc(CC)nn3c2O)N(CC)CCO)cc1. The van der Waals surface area contributed by atoms with Crippen molar-refractivity contribution in [3.05, 3.63) is 40.5 Å². The Labute approximate surface area is 162 Å². The van der Waals surface area contributed by atoms with E-state index in [4.69, 9.17) is 4.74 Å². The Morgan fingerprint density at radius 2 is 1.96 bits per heavy atom. The normalized spacial score (nSPS) is 12.8. The largest absolute Gasteiger partial charge is 0.494 e. The lowest BCUT2D eigenvalue weighted by Crippen LogP contribution is -2.31. The van der Waals surface area contributed by atoms with Gasteiger partial charge in [-0.3, -0.25) is 4.90 Å². The summed E-state index contributed by atoms with van der Waals surface area (Å²) in [6.07, 6.45) is 0.719. The van der Waals surface area contributed by atoms with Crippen LogP contribution in [0.1, 0.15) is 43.1 Å². The zero-order valence-corrected chi connectivity index (χ0v) is 16.7. The number of rotatable bonds is 9. The second-order valence-corrected chi connectivity index (χ2v) is 7.13. The molecule has 2 aromatic heterocycles. The first-order valence-corrected chi connectivity index (χ1v) is 10.1. The average Bonchev–Trinajstić information content (AvgIpc) is 3.22. The molecule has 2 heterocycles. The molecule has 0 saturated carbocycles. The molecule has 0 amide bonds. The molecule has 1 atom stereocenters. The zero-order chi connectivity index (χ0) is 19.4. The van der Waals surface area contributed by atoms with Crippen LogP contribution in [-0.4, -0.2) is 56.0 Å². The van der Waals surface area contributed by atoms with Crippen LogP contribution >= 0.6 is 11.3 Å². The number of ether oxygens (including phenoxy) is 1. The van der Waals surface area contributed by atoms with Gasteiger partial charge in [-0.05, 0) is 31.2 Å². The number of hydrogen-bond donors (Lipinski definition) is 2. The van der Waals surface area contributed by atoms with Crippen LogP contribution in [0.25, 0.3) is 4.96 Å². The number of aryl methyl sites for hydroxylation is 1. The van der Waals surface area contributed by atoms with Crippen molar-refractivity contribution in [2.75, 3.05) is 26.3 Å². The van der Waals surface area contributed by atoms with Gasteiger partial charge in [0, 0.05) is 13.0 Å². The third-order valence-corrected chi connectivity index (χ3v) is 5.55. The summed E-state index contributed by atoms with van der Waals surface area (Å²) in [4.78, 5) is 8.05. The lowest BCUT2D eigenvalue weighted by molar-refractivity contribution is 0.174. The van der Waals surface area contributed by atoms with E-state index in [-0.39, 0.29) is 18.5 Å². The van der Waals surface area contributed by atoms with Crippen molar-refractivity contribution in [1.82, 2.24) is 19.5 Å². The second kappa shape index (κ2) is 8.69. The molecule has 0 aliphatic heterocycles. The highest BCUT2D eigenvalue weighted by molar-refractivity contribution is 7.17. The maximum atomic E-state index is 10.8. The Morgan fingerprint density at radius 3 is 2.52 bits per heavy atom. The van der Waals surface area contributed by atoms with E-state index in [2.05, 4.69) is 15.0 Å². The highest BCUT2D eigenvalue weighted by Crippen LogP contribution is 2.40. The molecule has 0 radical (unpaired) electrons. The topological polar surface area (TPSA) is 83.1 Å². The van der Waals surface area contributed by atoms with Crippen LogP contribution < -0.4 is 4.74 Å². The summed E-state index contributed by atoms with van der Waals surface area (Å²) in [5.41, 5.74) is 1.02. The van der Waals surface area contributed by atoms with Gasteiger partial charge < -0.3 is 14.9 Å². The van der Waals surface area contributed by atoms with E-state index in [0.29, 0.717) is 23.9 Å². The summed E-state index contributed by atoms with van der Waals surface area (Å²) in [7, 11) is 0. The van der Waals surface area contributed by atoms with Crippen LogP contribution in [0.4, 0.5) is 0 Å². The predicted octanol–water partition coefficient (Wildman–Crippen LogP) is 2.86. The molecule has 1 aromatic carbocycles. The fourth-order valence-corrected chi connectivity index (χ4v) is 4.29. The molecule has 0 aliphatic rings. The van der Waals surface area contributed by atoms with E-state index in [1.54, 1.807) is 0 Å². The fraction of sp³-hybridized carbons (Fsp3) is 0.474. The first-order valence-electron chi connectivity index (χ1n) is 9.27. The van der Waals surface area contributed by atoms with Gasteiger partial charge in [0.05, 0.1) is 24.1 Å². The van der Waals surface area contributed by atoms with Crippen molar-refractivity contribution in [2.24, 2.45) is 0 Å². The molecule has 0 aliphatic carbocycles. The van der Waals surface area contributed by atoms with Crippen LogP contribution in [0.15, 0.2) is 24.3 Å². The minimum atomic E-state index is -0.198. The third-order valence-electron chi connectivity index (χ3n) is 4.47. The van der Waals surface area contributed by atoms with Gasteiger partial charge in [-0.1, -0.05) is 37.3 Å². The second-order valence-electron chi connectivity index (χ2n) is 6.12. The molecule has 0 spiro atoms.